The predicted octanol–water partition coefficient (Wildman–Crippen LogP) is 6.42. The molecular weight excluding hydrogens is 302 g/mol. The Balaban J connectivity index is 1.57. The molecule has 1 heteroatoms. The molecule has 1 nitrogen and oxygen atoms in total. The van der Waals surface area contributed by atoms with E-state index in [1.54, 1.807) is 5.56 Å². The van der Waals surface area contributed by atoms with Crippen LogP contribution >= 0.6 is 0 Å². The molecule has 0 aliphatic heterocycles. The zero-order valence-electron chi connectivity index (χ0n) is 15.1. The third-order valence-corrected chi connectivity index (χ3v) is 6.32. The molecule has 126 valence electrons. The highest BCUT2D eigenvalue weighted by molar-refractivity contribution is 5.95. The molecule has 3 fully saturated rings. The van der Waals surface area contributed by atoms with Crippen molar-refractivity contribution in [2.75, 3.05) is 0 Å². The molecule has 6 rings (SSSR count). The lowest BCUT2D eigenvalue weighted by Crippen LogP contribution is -2.32. The van der Waals surface area contributed by atoms with Crippen molar-refractivity contribution in [3.63, 3.8) is 0 Å². The molecule has 0 unspecified atom stereocenters. The van der Waals surface area contributed by atoms with Gasteiger partial charge in [-0.25, -0.2) is 0 Å². The van der Waals surface area contributed by atoms with E-state index in [1.807, 2.05) is 6.20 Å². The molecule has 3 aromatic rings. The number of nitrogens with zero attached hydrogens (tertiary/aromatic N) is 1. The van der Waals surface area contributed by atoms with Crippen LogP contribution in [0.2, 0.25) is 0 Å². The van der Waals surface area contributed by atoms with Gasteiger partial charge in [0.1, 0.15) is 0 Å². The standard InChI is InChI=1S/C24H25N/c1-15-7-16(2)9-22(8-15)24-23-4-3-19(14-20(23)5-6-25-24)21-12-17-10-18(11-17)13-21/h3-9,14,17-18,21H,10-13H2,1-2H3. The monoisotopic (exact) mass is 327 g/mol. The fourth-order valence-electron chi connectivity index (χ4n) is 5.22. The van der Waals surface area contributed by atoms with Crippen LogP contribution in [0.5, 0.6) is 0 Å². The first kappa shape index (κ1) is 15.1. The molecule has 0 spiro atoms. The maximum atomic E-state index is 4.72. The van der Waals surface area contributed by atoms with E-state index in [0.29, 0.717) is 0 Å². The summed E-state index contributed by atoms with van der Waals surface area (Å²) in [5.41, 5.74) is 6.48. The molecular formula is C24H25N. The largest absolute Gasteiger partial charge is 0.256 e. The highest BCUT2D eigenvalue weighted by Crippen LogP contribution is 2.51. The molecule has 3 saturated carbocycles. The van der Waals surface area contributed by atoms with Crippen molar-refractivity contribution in [3.8, 4) is 11.3 Å². The van der Waals surface area contributed by atoms with E-state index in [4.69, 9.17) is 4.98 Å². The minimum atomic E-state index is 0.778. The Morgan fingerprint density at radius 1 is 0.800 bits per heavy atom. The quantitative estimate of drug-likeness (QED) is 0.529. The average Bonchev–Trinajstić information content (AvgIpc) is 2.59. The highest BCUT2D eigenvalue weighted by Gasteiger charge is 2.38. The van der Waals surface area contributed by atoms with Gasteiger partial charge < -0.3 is 0 Å². The van der Waals surface area contributed by atoms with Crippen molar-refractivity contribution in [1.29, 1.82) is 0 Å². The lowest BCUT2D eigenvalue weighted by molar-refractivity contribution is 0.0966. The summed E-state index contributed by atoms with van der Waals surface area (Å²) >= 11 is 0. The molecule has 0 N–H and O–H groups in total. The SMILES string of the molecule is Cc1cc(C)cc(-c2nccc3cc(C4CC5CC(C5)C4)ccc23)c1. The van der Waals surface area contributed by atoms with Crippen molar-refractivity contribution in [1.82, 2.24) is 4.98 Å². The van der Waals surface area contributed by atoms with E-state index in [1.165, 1.54) is 53.1 Å². The van der Waals surface area contributed by atoms with Crippen LogP contribution < -0.4 is 0 Å². The lowest BCUT2D eigenvalue weighted by Gasteiger charge is -2.45. The molecule has 0 atom stereocenters. The molecule has 2 aromatic carbocycles. The Kier molecular flexibility index (Phi) is 3.45. The number of benzene rings is 2. The third-order valence-electron chi connectivity index (χ3n) is 6.32. The molecule has 3 aliphatic carbocycles. The van der Waals surface area contributed by atoms with Gasteiger partial charge in [-0.05, 0) is 86.4 Å². The number of hydrogen-bond donors (Lipinski definition) is 0. The molecule has 0 radical (unpaired) electrons. The minimum absolute atomic E-state index is 0.778. The summed E-state index contributed by atoms with van der Waals surface area (Å²) in [7, 11) is 0. The molecule has 25 heavy (non-hydrogen) atoms. The highest BCUT2D eigenvalue weighted by atomic mass is 14.7. The van der Waals surface area contributed by atoms with Gasteiger partial charge in [0, 0.05) is 17.1 Å². The van der Waals surface area contributed by atoms with Crippen molar-refractivity contribution in [2.45, 2.75) is 45.4 Å². The zero-order chi connectivity index (χ0) is 17.0. The van der Waals surface area contributed by atoms with Gasteiger partial charge in [0.05, 0.1) is 5.69 Å². The van der Waals surface area contributed by atoms with Gasteiger partial charge >= 0.3 is 0 Å². The smallest absolute Gasteiger partial charge is 0.0780 e. The van der Waals surface area contributed by atoms with Crippen molar-refractivity contribution < 1.29 is 0 Å². The second kappa shape index (κ2) is 5.69. The summed E-state index contributed by atoms with van der Waals surface area (Å²) in [6.45, 7) is 4.32. The zero-order valence-corrected chi connectivity index (χ0v) is 15.1. The van der Waals surface area contributed by atoms with Gasteiger partial charge in [0.25, 0.3) is 0 Å². The fourth-order valence-corrected chi connectivity index (χ4v) is 5.22. The van der Waals surface area contributed by atoms with Gasteiger partial charge in [-0.15, -0.1) is 0 Å². The lowest BCUT2D eigenvalue weighted by atomic mass is 9.60. The van der Waals surface area contributed by atoms with Crippen LogP contribution in [0.25, 0.3) is 22.0 Å². The van der Waals surface area contributed by atoms with Crippen LogP contribution in [0.4, 0.5) is 0 Å². The summed E-state index contributed by atoms with van der Waals surface area (Å²) in [6.07, 6.45) is 7.75. The number of rotatable bonds is 2. The van der Waals surface area contributed by atoms with Gasteiger partial charge in [-0.1, -0.05) is 35.4 Å². The topological polar surface area (TPSA) is 12.9 Å². The van der Waals surface area contributed by atoms with Gasteiger partial charge in [-0.2, -0.15) is 0 Å². The maximum absolute atomic E-state index is 4.72. The van der Waals surface area contributed by atoms with Crippen LogP contribution in [0.1, 0.15) is 48.3 Å². The Morgan fingerprint density at radius 2 is 1.52 bits per heavy atom. The third kappa shape index (κ3) is 2.66. The first-order valence-electron chi connectivity index (χ1n) is 9.63. The second-order valence-corrected chi connectivity index (χ2v) is 8.39. The summed E-state index contributed by atoms with van der Waals surface area (Å²) < 4.78 is 0. The Labute approximate surface area is 150 Å². The van der Waals surface area contributed by atoms with Gasteiger partial charge in [0.15, 0.2) is 0 Å². The summed E-state index contributed by atoms with van der Waals surface area (Å²) in [5, 5.41) is 2.61. The van der Waals surface area contributed by atoms with Crippen LogP contribution in [0, 0.1) is 25.7 Å². The molecule has 1 aromatic heterocycles. The summed E-state index contributed by atoms with van der Waals surface area (Å²) in [4.78, 5) is 4.72. The Morgan fingerprint density at radius 3 is 2.24 bits per heavy atom. The molecule has 3 aliphatic rings. The van der Waals surface area contributed by atoms with E-state index in [0.717, 1.165) is 23.4 Å². The van der Waals surface area contributed by atoms with Crippen LogP contribution in [-0.4, -0.2) is 4.98 Å². The first-order chi connectivity index (χ1) is 12.2. The molecule has 0 amide bonds. The van der Waals surface area contributed by atoms with E-state index in [9.17, 15) is 0 Å². The van der Waals surface area contributed by atoms with E-state index < -0.39 is 0 Å². The number of pyridine rings is 1. The van der Waals surface area contributed by atoms with Gasteiger partial charge in [-0.3, -0.25) is 4.98 Å². The van der Waals surface area contributed by atoms with E-state index in [2.05, 4.69) is 56.3 Å². The fraction of sp³-hybridized carbons (Fsp3) is 0.375. The number of hydrogen-bond acceptors (Lipinski definition) is 1. The van der Waals surface area contributed by atoms with Gasteiger partial charge in [0.2, 0.25) is 0 Å². The Bertz CT molecular complexity index is 919. The molecule has 0 saturated heterocycles. The number of fused-ring (bicyclic) bond motifs is 3. The molecule has 2 bridgehead atoms. The summed E-state index contributed by atoms with van der Waals surface area (Å²) in [5.74, 6) is 2.78. The number of aryl methyl sites for hydroxylation is 2. The Hall–Kier alpha value is -2.15. The molecule has 1 heterocycles. The second-order valence-electron chi connectivity index (χ2n) is 8.39. The van der Waals surface area contributed by atoms with Crippen molar-refractivity contribution in [2.24, 2.45) is 11.8 Å². The average molecular weight is 327 g/mol. The van der Waals surface area contributed by atoms with Crippen LogP contribution in [0.15, 0.2) is 48.7 Å². The maximum Gasteiger partial charge on any atom is 0.0780 e. The normalized spacial score (nSPS) is 25.0. The van der Waals surface area contributed by atoms with Crippen LogP contribution in [0.3, 0.4) is 0 Å². The van der Waals surface area contributed by atoms with E-state index >= 15 is 0 Å². The van der Waals surface area contributed by atoms with Crippen molar-refractivity contribution in [3.05, 3.63) is 65.4 Å². The van der Waals surface area contributed by atoms with Crippen molar-refractivity contribution >= 4 is 10.8 Å². The van der Waals surface area contributed by atoms with Crippen LogP contribution in [-0.2, 0) is 0 Å². The summed E-state index contributed by atoms with van der Waals surface area (Å²) in [6, 6.07) is 16.0. The predicted molar refractivity (Wildman–Crippen MR) is 105 cm³/mol. The number of aromatic nitrogens is 1. The van der Waals surface area contributed by atoms with E-state index in [-0.39, 0.29) is 0 Å². The first-order valence-corrected chi connectivity index (χ1v) is 9.63. The minimum Gasteiger partial charge on any atom is -0.256 e.